The number of aromatic amines is 1. The van der Waals surface area contributed by atoms with Gasteiger partial charge in [-0.1, -0.05) is 6.07 Å². The van der Waals surface area contributed by atoms with Gasteiger partial charge in [0.25, 0.3) is 0 Å². The molecule has 0 aliphatic heterocycles. The third kappa shape index (κ3) is 1.26. The number of para-hydroxylation sites is 1. The van der Waals surface area contributed by atoms with E-state index in [0.29, 0.717) is 5.52 Å². The number of nitrogens with zero attached hydrogens (tertiary/aromatic N) is 1. The zero-order valence-electron chi connectivity index (χ0n) is 6.39. The van der Waals surface area contributed by atoms with Gasteiger partial charge in [0.15, 0.2) is 0 Å². The first kappa shape index (κ1) is 8.10. The lowest BCUT2D eigenvalue weighted by Gasteiger charge is -2.06. The van der Waals surface area contributed by atoms with Gasteiger partial charge in [-0.15, -0.1) is 0 Å². The molecule has 0 spiro atoms. The maximum absolute atomic E-state index is 12.3. The van der Waals surface area contributed by atoms with E-state index in [4.69, 9.17) is 0 Å². The van der Waals surface area contributed by atoms with E-state index >= 15 is 0 Å². The second-order valence-corrected chi connectivity index (χ2v) is 2.60. The van der Waals surface area contributed by atoms with E-state index in [1.807, 2.05) is 0 Å². The van der Waals surface area contributed by atoms with Crippen LogP contribution in [0.4, 0.5) is 13.2 Å². The van der Waals surface area contributed by atoms with E-state index in [2.05, 4.69) is 9.97 Å². The number of fused-ring (bicyclic) bond motifs is 1. The van der Waals surface area contributed by atoms with Gasteiger partial charge >= 0.3 is 6.18 Å². The van der Waals surface area contributed by atoms with Crippen LogP contribution in [0.15, 0.2) is 24.5 Å². The summed E-state index contributed by atoms with van der Waals surface area (Å²) in [4.78, 5) is 6.20. The first-order valence-electron chi connectivity index (χ1n) is 3.58. The largest absolute Gasteiger partial charge is 0.418 e. The van der Waals surface area contributed by atoms with Crippen molar-refractivity contribution in [3.05, 3.63) is 30.1 Å². The minimum atomic E-state index is -4.33. The van der Waals surface area contributed by atoms with Crippen molar-refractivity contribution in [3.8, 4) is 0 Å². The van der Waals surface area contributed by atoms with Gasteiger partial charge < -0.3 is 4.98 Å². The number of aromatic nitrogens is 2. The molecule has 0 radical (unpaired) electrons. The van der Waals surface area contributed by atoms with Gasteiger partial charge in [-0.05, 0) is 12.1 Å². The summed E-state index contributed by atoms with van der Waals surface area (Å²) in [6, 6.07) is 3.90. The number of alkyl halides is 3. The Morgan fingerprint density at radius 3 is 2.69 bits per heavy atom. The van der Waals surface area contributed by atoms with Crippen LogP contribution in [0.25, 0.3) is 11.0 Å². The molecule has 2 nitrogen and oxygen atoms in total. The van der Waals surface area contributed by atoms with Crippen LogP contribution in [-0.4, -0.2) is 9.97 Å². The summed E-state index contributed by atoms with van der Waals surface area (Å²) in [6.45, 7) is 0. The molecule has 0 bridgehead atoms. The van der Waals surface area contributed by atoms with Crippen LogP contribution in [0.5, 0.6) is 0 Å². The molecule has 1 aromatic carbocycles. The Kier molecular flexibility index (Phi) is 1.55. The lowest BCUT2D eigenvalue weighted by Crippen LogP contribution is -2.05. The first-order chi connectivity index (χ1) is 6.09. The Hall–Kier alpha value is -1.52. The molecule has 0 fully saturated rings. The van der Waals surface area contributed by atoms with E-state index in [9.17, 15) is 13.2 Å². The van der Waals surface area contributed by atoms with Crippen molar-refractivity contribution in [3.63, 3.8) is 0 Å². The van der Waals surface area contributed by atoms with Crippen LogP contribution >= 0.6 is 0 Å². The number of hydrogen-bond donors (Lipinski definition) is 1. The molecule has 0 aliphatic carbocycles. The third-order valence-corrected chi connectivity index (χ3v) is 1.76. The van der Waals surface area contributed by atoms with Crippen molar-refractivity contribution >= 4 is 11.0 Å². The molecule has 0 aliphatic rings. The standard InChI is InChI=1S/C8H5F3N2/c9-8(10,11)5-2-1-3-6-7(5)13-4-12-6/h1-4H,(H,12,13). The summed E-state index contributed by atoms with van der Waals surface area (Å²) in [5.41, 5.74) is -0.313. The SMILES string of the molecule is FC(F)(F)c1cccc2nc[nH]c12. The van der Waals surface area contributed by atoms with Gasteiger partial charge in [0.1, 0.15) is 0 Å². The molecule has 0 amide bonds. The number of rotatable bonds is 0. The molecule has 1 heterocycles. The van der Waals surface area contributed by atoms with Gasteiger partial charge in [0.05, 0.1) is 22.9 Å². The van der Waals surface area contributed by atoms with Crippen molar-refractivity contribution in [2.45, 2.75) is 6.18 Å². The predicted molar refractivity (Wildman–Crippen MR) is 41.1 cm³/mol. The van der Waals surface area contributed by atoms with E-state index in [0.717, 1.165) is 6.07 Å². The van der Waals surface area contributed by atoms with E-state index in [1.54, 1.807) is 0 Å². The maximum atomic E-state index is 12.3. The van der Waals surface area contributed by atoms with Crippen molar-refractivity contribution in [2.24, 2.45) is 0 Å². The summed E-state index contributed by atoms with van der Waals surface area (Å²) in [6.07, 6.45) is -3.08. The monoisotopic (exact) mass is 186 g/mol. The number of halogens is 3. The third-order valence-electron chi connectivity index (χ3n) is 1.76. The molecule has 1 aromatic heterocycles. The minimum absolute atomic E-state index is 0.0370. The van der Waals surface area contributed by atoms with Crippen molar-refractivity contribution in [2.75, 3.05) is 0 Å². The molecule has 0 saturated carbocycles. The highest BCUT2D eigenvalue weighted by molar-refractivity contribution is 5.78. The highest BCUT2D eigenvalue weighted by atomic mass is 19.4. The topological polar surface area (TPSA) is 28.7 Å². The van der Waals surface area contributed by atoms with Crippen LogP contribution in [0.1, 0.15) is 5.56 Å². The fourth-order valence-corrected chi connectivity index (χ4v) is 1.20. The minimum Gasteiger partial charge on any atom is -0.344 e. The molecular formula is C8H5F3N2. The van der Waals surface area contributed by atoms with Crippen molar-refractivity contribution in [1.29, 1.82) is 0 Å². The van der Waals surface area contributed by atoms with Crippen molar-refractivity contribution in [1.82, 2.24) is 9.97 Å². The lowest BCUT2D eigenvalue weighted by molar-refractivity contribution is -0.136. The van der Waals surface area contributed by atoms with Gasteiger partial charge in [-0.2, -0.15) is 13.2 Å². The number of benzene rings is 1. The predicted octanol–water partition coefficient (Wildman–Crippen LogP) is 2.58. The normalized spacial score (nSPS) is 12.2. The summed E-state index contributed by atoms with van der Waals surface area (Å²) < 4.78 is 37.0. The molecule has 2 rings (SSSR count). The fraction of sp³-hybridized carbons (Fsp3) is 0.125. The Labute approximate surface area is 71.4 Å². The Morgan fingerprint density at radius 1 is 1.23 bits per heavy atom. The molecule has 0 saturated heterocycles. The lowest BCUT2D eigenvalue weighted by atomic mass is 10.2. The zero-order chi connectivity index (χ0) is 9.47. The highest BCUT2D eigenvalue weighted by Crippen LogP contribution is 2.33. The summed E-state index contributed by atoms with van der Waals surface area (Å²) in [7, 11) is 0. The molecular weight excluding hydrogens is 181 g/mol. The number of H-pyrrole nitrogens is 1. The Morgan fingerprint density at radius 2 is 2.00 bits per heavy atom. The maximum Gasteiger partial charge on any atom is 0.418 e. The van der Waals surface area contributed by atoms with Crippen LogP contribution in [0.2, 0.25) is 0 Å². The van der Waals surface area contributed by atoms with Crippen LogP contribution in [-0.2, 0) is 6.18 Å². The van der Waals surface area contributed by atoms with Gasteiger partial charge in [0, 0.05) is 0 Å². The summed E-state index contributed by atoms with van der Waals surface area (Å²) in [5, 5.41) is 0. The molecule has 1 N–H and O–H groups in total. The molecule has 2 aromatic rings. The fourth-order valence-electron chi connectivity index (χ4n) is 1.20. The quantitative estimate of drug-likeness (QED) is 0.673. The highest BCUT2D eigenvalue weighted by Gasteiger charge is 2.32. The number of imidazole rings is 1. The average Bonchev–Trinajstić information content (AvgIpc) is 2.48. The Bertz CT molecular complexity index is 430. The second kappa shape index (κ2) is 2.48. The molecule has 68 valence electrons. The second-order valence-electron chi connectivity index (χ2n) is 2.60. The van der Waals surface area contributed by atoms with Crippen molar-refractivity contribution < 1.29 is 13.2 Å². The summed E-state index contributed by atoms with van der Waals surface area (Å²) >= 11 is 0. The zero-order valence-corrected chi connectivity index (χ0v) is 6.39. The smallest absolute Gasteiger partial charge is 0.344 e. The van der Waals surface area contributed by atoms with Gasteiger partial charge in [0.2, 0.25) is 0 Å². The molecule has 0 unspecified atom stereocenters. The van der Waals surface area contributed by atoms with E-state index < -0.39 is 11.7 Å². The van der Waals surface area contributed by atoms with Crippen LogP contribution < -0.4 is 0 Å². The van der Waals surface area contributed by atoms with E-state index in [1.165, 1.54) is 18.5 Å². The molecule has 5 heteroatoms. The molecule has 13 heavy (non-hydrogen) atoms. The first-order valence-corrected chi connectivity index (χ1v) is 3.58. The van der Waals surface area contributed by atoms with E-state index in [-0.39, 0.29) is 5.52 Å². The number of nitrogens with one attached hydrogen (secondary N) is 1. The summed E-state index contributed by atoms with van der Waals surface area (Å²) in [5.74, 6) is 0. The van der Waals surface area contributed by atoms with Crippen LogP contribution in [0, 0.1) is 0 Å². The van der Waals surface area contributed by atoms with Gasteiger partial charge in [-0.25, -0.2) is 4.98 Å². The number of hydrogen-bond acceptors (Lipinski definition) is 1. The average molecular weight is 186 g/mol. The molecule has 0 atom stereocenters. The Balaban J connectivity index is 2.75. The van der Waals surface area contributed by atoms with Gasteiger partial charge in [-0.3, -0.25) is 0 Å². The van der Waals surface area contributed by atoms with Crippen LogP contribution in [0.3, 0.4) is 0 Å².